The molecule has 3 rings (SSSR count). The minimum Gasteiger partial charge on any atom is -0.486 e. The Morgan fingerprint density at radius 3 is 2.71 bits per heavy atom. The largest absolute Gasteiger partial charge is 0.486 e. The van der Waals surface area contributed by atoms with Gasteiger partial charge in [-0.2, -0.15) is 5.26 Å². The molecular weight excluding hydrogens is 266 g/mol. The third-order valence-electron chi connectivity index (χ3n) is 3.22. The highest BCUT2D eigenvalue weighted by molar-refractivity contribution is 5.64. The van der Waals surface area contributed by atoms with Crippen molar-refractivity contribution < 1.29 is 9.47 Å². The average molecular weight is 281 g/mol. The second-order valence-corrected chi connectivity index (χ2v) is 4.79. The second-order valence-electron chi connectivity index (χ2n) is 4.79. The number of aryl methyl sites for hydroxylation is 1. The highest BCUT2D eigenvalue weighted by atomic mass is 16.6. The second kappa shape index (κ2) is 5.80. The van der Waals surface area contributed by atoms with Gasteiger partial charge in [-0.3, -0.25) is 0 Å². The van der Waals surface area contributed by atoms with E-state index in [1.54, 1.807) is 0 Å². The van der Waals surface area contributed by atoms with Gasteiger partial charge in [-0.25, -0.2) is 9.97 Å². The molecule has 106 valence electrons. The molecule has 0 aliphatic carbocycles. The van der Waals surface area contributed by atoms with Crippen LogP contribution in [0, 0.1) is 11.3 Å². The van der Waals surface area contributed by atoms with E-state index in [-0.39, 0.29) is 5.82 Å². The number of nitriles is 1. The van der Waals surface area contributed by atoms with Gasteiger partial charge in [0, 0.05) is 11.3 Å². The zero-order valence-electron chi connectivity index (χ0n) is 11.8. The zero-order chi connectivity index (χ0) is 14.7. The molecule has 2 heterocycles. The summed E-state index contributed by atoms with van der Waals surface area (Å²) in [5.41, 5.74) is 2.52. The SMILES string of the molecule is CCCc1cc(-c2ccc3c(c2)OCCO3)nc(C#N)n1. The Hall–Kier alpha value is -2.61. The molecule has 0 N–H and O–H groups in total. The van der Waals surface area contributed by atoms with E-state index in [0.29, 0.717) is 19.0 Å². The summed E-state index contributed by atoms with van der Waals surface area (Å²) < 4.78 is 11.1. The lowest BCUT2D eigenvalue weighted by molar-refractivity contribution is 0.171. The van der Waals surface area contributed by atoms with Crippen LogP contribution in [-0.4, -0.2) is 23.2 Å². The smallest absolute Gasteiger partial charge is 0.232 e. The van der Waals surface area contributed by atoms with Gasteiger partial charge in [0.15, 0.2) is 11.5 Å². The van der Waals surface area contributed by atoms with Crippen LogP contribution in [0.1, 0.15) is 24.9 Å². The molecule has 0 unspecified atom stereocenters. The summed E-state index contributed by atoms with van der Waals surface area (Å²) in [5.74, 6) is 1.66. The van der Waals surface area contributed by atoms with Crippen LogP contribution < -0.4 is 9.47 Å². The fourth-order valence-corrected chi connectivity index (χ4v) is 2.28. The van der Waals surface area contributed by atoms with Gasteiger partial charge in [-0.05, 0) is 30.7 Å². The minimum atomic E-state index is 0.200. The minimum absolute atomic E-state index is 0.200. The van der Waals surface area contributed by atoms with Crippen LogP contribution >= 0.6 is 0 Å². The number of fused-ring (bicyclic) bond motifs is 1. The number of hydrogen-bond acceptors (Lipinski definition) is 5. The van der Waals surface area contributed by atoms with Gasteiger partial charge < -0.3 is 9.47 Å². The molecular formula is C16H15N3O2. The van der Waals surface area contributed by atoms with Gasteiger partial charge in [-0.15, -0.1) is 0 Å². The summed E-state index contributed by atoms with van der Waals surface area (Å²) in [4.78, 5) is 8.51. The van der Waals surface area contributed by atoms with Crippen LogP contribution in [0.15, 0.2) is 24.3 Å². The van der Waals surface area contributed by atoms with Crippen LogP contribution in [0.3, 0.4) is 0 Å². The van der Waals surface area contributed by atoms with E-state index in [9.17, 15) is 0 Å². The monoisotopic (exact) mass is 281 g/mol. The van der Waals surface area contributed by atoms with Crippen molar-refractivity contribution >= 4 is 0 Å². The summed E-state index contributed by atoms with van der Waals surface area (Å²) in [5, 5.41) is 9.07. The Labute approximate surface area is 123 Å². The van der Waals surface area contributed by atoms with Gasteiger partial charge in [0.25, 0.3) is 0 Å². The fraction of sp³-hybridized carbons (Fsp3) is 0.312. The Morgan fingerprint density at radius 2 is 1.95 bits per heavy atom. The Bertz CT molecular complexity index is 707. The molecule has 0 saturated carbocycles. The quantitative estimate of drug-likeness (QED) is 0.865. The van der Waals surface area contributed by atoms with Crippen molar-refractivity contribution in [1.29, 1.82) is 5.26 Å². The Kier molecular flexibility index (Phi) is 3.69. The Morgan fingerprint density at radius 1 is 1.14 bits per heavy atom. The molecule has 5 nitrogen and oxygen atoms in total. The summed E-state index contributed by atoms with van der Waals surface area (Å²) in [7, 11) is 0. The molecule has 1 aliphatic heterocycles. The molecule has 1 aliphatic rings. The lowest BCUT2D eigenvalue weighted by Crippen LogP contribution is -2.15. The van der Waals surface area contributed by atoms with Crippen LogP contribution in [0.5, 0.6) is 11.5 Å². The molecule has 2 aromatic rings. The Balaban J connectivity index is 2.03. The van der Waals surface area contributed by atoms with Crippen molar-refractivity contribution in [2.75, 3.05) is 13.2 Å². The first-order chi connectivity index (χ1) is 10.3. The number of hydrogen-bond donors (Lipinski definition) is 0. The standard InChI is InChI=1S/C16H15N3O2/c1-2-3-12-9-13(19-16(10-17)18-12)11-4-5-14-15(8-11)21-7-6-20-14/h4-5,8-9H,2-3,6-7H2,1H3. The summed E-state index contributed by atoms with van der Waals surface area (Å²) in [6.07, 6.45) is 1.80. The summed E-state index contributed by atoms with van der Waals surface area (Å²) in [6, 6.07) is 9.64. The molecule has 0 radical (unpaired) electrons. The molecule has 5 heteroatoms. The van der Waals surface area contributed by atoms with Crippen molar-refractivity contribution in [3.8, 4) is 28.8 Å². The van der Waals surface area contributed by atoms with Crippen molar-refractivity contribution in [3.05, 3.63) is 35.8 Å². The van der Waals surface area contributed by atoms with Gasteiger partial charge in [0.05, 0.1) is 5.69 Å². The van der Waals surface area contributed by atoms with E-state index in [1.807, 2.05) is 30.3 Å². The highest BCUT2D eigenvalue weighted by Crippen LogP contribution is 2.34. The van der Waals surface area contributed by atoms with Crippen molar-refractivity contribution in [1.82, 2.24) is 9.97 Å². The van der Waals surface area contributed by atoms with Gasteiger partial charge in [0.1, 0.15) is 19.3 Å². The maximum absolute atomic E-state index is 9.07. The van der Waals surface area contributed by atoms with Crippen molar-refractivity contribution in [3.63, 3.8) is 0 Å². The van der Waals surface area contributed by atoms with Crippen molar-refractivity contribution in [2.24, 2.45) is 0 Å². The third kappa shape index (κ3) is 2.79. The maximum Gasteiger partial charge on any atom is 0.232 e. The molecule has 0 atom stereocenters. The van der Waals surface area contributed by atoms with E-state index in [4.69, 9.17) is 14.7 Å². The average Bonchev–Trinajstić information content (AvgIpc) is 2.54. The maximum atomic E-state index is 9.07. The van der Waals surface area contributed by atoms with E-state index < -0.39 is 0 Å². The molecule has 21 heavy (non-hydrogen) atoms. The fourth-order valence-electron chi connectivity index (χ4n) is 2.28. The van der Waals surface area contributed by atoms with Crippen molar-refractivity contribution in [2.45, 2.75) is 19.8 Å². The molecule has 0 fully saturated rings. The van der Waals surface area contributed by atoms with Gasteiger partial charge in [-0.1, -0.05) is 13.3 Å². The van der Waals surface area contributed by atoms with Crippen LogP contribution in [0.4, 0.5) is 0 Å². The molecule has 1 aromatic heterocycles. The number of benzene rings is 1. The molecule has 1 aromatic carbocycles. The van der Waals surface area contributed by atoms with E-state index in [1.165, 1.54) is 0 Å². The lowest BCUT2D eigenvalue weighted by atomic mass is 10.1. The first kappa shape index (κ1) is 13.4. The molecule has 0 spiro atoms. The van der Waals surface area contributed by atoms with Crippen LogP contribution in [-0.2, 0) is 6.42 Å². The van der Waals surface area contributed by atoms with E-state index in [0.717, 1.165) is 35.5 Å². The third-order valence-corrected chi connectivity index (χ3v) is 3.22. The number of ether oxygens (including phenoxy) is 2. The number of nitrogens with zero attached hydrogens (tertiary/aromatic N) is 3. The van der Waals surface area contributed by atoms with Gasteiger partial charge >= 0.3 is 0 Å². The topological polar surface area (TPSA) is 68.0 Å². The van der Waals surface area contributed by atoms with Crippen LogP contribution in [0.2, 0.25) is 0 Å². The van der Waals surface area contributed by atoms with Crippen LogP contribution in [0.25, 0.3) is 11.3 Å². The summed E-state index contributed by atoms with van der Waals surface area (Å²) >= 11 is 0. The molecule has 0 saturated heterocycles. The zero-order valence-corrected chi connectivity index (χ0v) is 11.8. The molecule has 0 bridgehead atoms. The highest BCUT2D eigenvalue weighted by Gasteiger charge is 2.14. The predicted octanol–water partition coefficient (Wildman–Crippen LogP) is 2.74. The van der Waals surface area contributed by atoms with E-state index in [2.05, 4.69) is 16.9 Å². The lowest BCUT2D eigenvalue weighted by Gasteiger charge is -2.18. The van der Waals surface area contributed by atoms with E-state index >= 15 is 0 Å². The first-order valence-electron chi connectivity index (χ1n) is 6.98. The summed E-state index contributed by atoms with van der Waals surface area (Å²) in [6.45, 7) is 3.20. The first-order valence-corrected chi connectivity index (χ1v) is 6.98. The number of aromatic nitrogens is 2. The van der Waals surface area contributed by atoms with Gasteiger partial charge in [0.2, 0.25) is 5.82 Å². The predicted molar refractivity (Wildman–Crippen MR) is 77.2 cm³/mol. The number of rotatable bonds is 3. The molecule has 0 amide bonds. The normalized spacial score (nSPS) is 12.8.